The summed E-state index contributed by atoms with van der Waals surface area (Å²) in [6.07, 6.45) is -1.30. The molecule has 5 aromatic carbocycles. The van der Waals surface area contributed by atoms with Crippen molar-refractivity contribution in [2.24, 2.45) is 0 Å². The van der Waals surface area contributed by atoms with E-state index in [1.165, 1.54) is 31.5 Å². The highest BCUT2D eigenvalue weighted by Crippen LogP contribution is 2.46. The number of aromatic nitrogens is 2. The molecule has 7 aromatic rings. The van der Waals surface area contributed by atoms with Crippen LogP contribution in [0.25, 0.3) is 55.4 Å². The van der Waals surface area contributed by atoms with Crippen molar-refractivity contribution >= 4 is 49.5 Å². The number of carbonyl (C=O) groups excluding carboxylic acids is 1. The molecule has 48 heavy (non-hydrogen) atoms. The van der Waals surface area contributed by atoms with Crippen LogP contribution in [0.3, 0.4) is 0 Å². The van der Waals surface area contributed by atoms with Gasteiger partial charge < -0.3 is 9.26 Å². The second kappa shape index (κ2) is 12.0. The number of nitrogens with zero attached hydrogens (tertiary/aromatic N) is 2. The van der Waals surface area contributed by atoms with Gasteiger partial charge >= 0.3 is 5.97 Å². The van der Waals surface area contributed by atoms with E-state index in [0.29, 0.717) is 38.8 Å². The van der Waals surface area contributed by atoms with E-state index < -0.39 is 28.2 Å². The number of halogens is 4. The summed E-state index contributed by atoms with van der Waals surface area (Å²) in [5.41, 5.74) is 3.10. The van der Waals surface area contributed by atoms with Crippen LogP contribution in [-0.2, 0) is 14.8 Å². The number of carbonyl (C=O) groups is 1. The fourth-order valence-corrected chi connectivity index (χ4v) is 7.68. The lowest BCUT2D eigenvalue weighted by Crippen LogP contribution is -2.14. The Morgan fingerprint density at radius 3 is 2.35 bits per heavy atom. The van der Waals surface area contributed by atoms with Crippen LogP contribution in [0.4, 0.5) is 13.2 Å². The standard InChI is InChI=1S/C36H22ClF3N2O5S/c1-46-36(43)23-10-14-26(30(37)17-23)21-4-2-5-22(16-21)34-33(27-6-3-7-32-29(27)19-41-47-32)28-18-24(38)11-15-31(28)42(34)48(44,45)25-12-8-20(9-13-25)35(39)40/h2-19,35H,1H3. The first-order valence-corrected chi connectivity index (χ1v) is 16.2. The molecule has 2 heterocycles. The fourth-order valence-electron chi connectivity index (χ4n) is 5.85. The fraction of sp³-hybridized carbons (Fsp3) is 0.0556. The normalized spacial score (nSPS) is 11.9. The zero-order valence-electron chi connectivity index (χ0n) is 24.8. The van der Waals surface area contributed by atoms with Gasteiger partial charge in [-0.05, 0) is 65.7 Å². The van der Waals surface area contributed by atoms with Gasteiger partial charge in [0.2, 0.25) is 0 Å². The Labute approximate surface area is 276 Å². The first kappa shape index (κ1) is 31.2. The number of benzene rings is 5. The largest absolute Gasteiger partial charge is 0.465 e. The van der Waals surface area contributed by atoms with Gasteiger partial charge in [-0.25, -0.2) is 30.4 Å². The smallest absolute Gasteiger partial charge is 0.337 e. The molecule has 0 saturated heterocycles. The average molecular weight is 687 g/mol. The van der Waals surface area contributed by atoms with Crippen molar-refractivity contribution in [3.8, 4) is 33.5 Å². The van der Waals surface area contributed by atoms with E-state index in [2.05, 4.69) is 5.16 Å². The Morgan fingerprint density at radius 1 is 0.875 bits per heavy atom. The van der Waals surface area contributed by atoms with Crippen molar-refractivity contribution in [2.45, 2.75) is 11.3 Å². The van der Waals surface area contributed by atoms with E-state index in [1.807, 2.05) is 0 Å². The van der Waals surface area contributed by atoms with Crippen LogP contribution in [-0.4, -0.2) is 30.6 Å². The van der Waals surface area contributed by atoms with Gasteiger partial charge in [-0.2, -0.15) is 0 Å². The Bertz CT molecular complexity index is 2490. The minimum absolute atomic E-state index is 0.152. The van der Waals surface area contributed by atoms with Gasteiger partial charge in [-0.15, -0.1) is 0 Å². The van der Waals surface area contributed by atoms with E-state index in [4.69, 9.17) is 20.9 Å². The molecule has 7 rings (SSSR count). The molecular weight excluding hydrogens is 665 g/mol. The molecule has 0 radical (unpaired) electrons. The van der Waals surface area contributed by atoms with Crippen molar-refractivity contribution in [3.05, 3.63) is 131 Å². The molecule has 0 unspecified atom stereocenters. The zero-order chi connectivity index (χ0) is 33.7. The van der Waals surface area contributed by atoms with Crippen molar-refractivity contribution in [1.29, 1.82) is 0 Å². The zero-order valence-corrected chi connectivity index (χ0v) is 26.4. The summed E-state index contributed by atoms with van der Waals surface area (Å²) in [5, 5.41) is 5.00. The summed E-state index contributed by atoms with van der Waals surface area (Å²) in [5.74, 6) is -1.16. The highest BCUT2D eigenvalue weighted by molar-refractivity contribution is 7.90. The van der Waals surface area contributed by atoms with Gasteiger partial charge in [0.25, 0.3) is 16.4 Å². The van der Waals surface area contributed by atoms with Crippen molar-refractivity contribution in [1.82, 2.24) is 9.13 Å². The molecule has 0 aliphatic rings. The molecule has 0 aliphatic carbocycles. The van der Waals surface area contributed by atoms with Gasteiger partial charge in [-0.3, -0.25) is 0 Å². The Balaban J connectivity index is 1.56. The first-order chi connectivity index (χ1) is 23.1. The monoisotopic (exact) mass is 686 g/mol. The maximum atomic E-state index is 15.0. The van der Waals surface area contributed by atoms with E-state index in [0.717, 1.165) is 34.3 Å². The molecule has 0 bridgehead atoms. The number of ether oxygens (including phenoxy) is 1. The molecule has 2 aromatic heterocycles. The lowest BCUT2D eigenvalue weighted by Gasteiger charge is -2.16. The van der Waals surface area contributed by atoms with Gasteiger partial charge in [0.15, 0.2) is 5.58 Å². The molecular formula is C36H22ClF3N2O5S. The minimum atomic E-state index is -4.50. The summed E-state index contributed by atoms with van der Waals surface area (Å²) in [6.45, 7) is 0. The Morgan fingerprint density at radius 2 is 1.62 bits per heavy atom. The van der Waals surface area contributed by atoms with Crippen LogP contribution in [0.1, 0.15) is 22.3 Å². The number of hydrogen-bond acceptors (Lipinski definition) is 6. The quantitative estimate of drug-likeness (QED) is 0.155. The number of rotatable bonds is 7. The molecule has 7 nitrogen and oxygen atoms in total. The Hall–Kier alpha value is -5.39. The summed E-state index contributed by atoms with van der Waals surface area (Å²) >= 11 is 6.62. The molecule has 0 N–H and O–H groups in total. The molecule has 12 heteroatoms. The predicted molar refractivity (Wildman–Crippen MR) is 176 cm³/mol. The third kappa shape index (κ3) is 5.21. The summed E-state index contributed by atoms with van der Waals surface area (Å²) in [7, 11) is -3.24. The molecule has 0 saturated carbocycles. The predicted octanol–water partition coefficient (Wildman–Crippen LogP) is 9.54. The van der Waals surface area contributed by atoms with E-state index in [9.17, 15) is 22.0 Å². The molecule has 240 valence electrons. The molecule has 0 amide bonds. The van der Waals surface area contributed by atoms with Crippen molar-refractivity contribution in [3.63, 3.8) is 0 Å². The highest BCUT2D eigenvalue weighted by atomic mass is 35.5. The van der Waals surface area contributed by atoms with Crippen LogP contribution in [0, 0.1) is 5.82 Å². The lowest BCUT2D eigenvalue weighted by atomic mass is 9.94. The molecule has 0 spiro atoms. The van der Waals surface area contributed by atoms with Crippen molar-refractivity contribution < 1.29 is 35.6 Å². The minimum Gasteiger partial charge on any atom is -0.465 e. The number of hydrogen-bond donors (Lipinski definition) is 0. The maximum absolute atomic E-state index is 15.0. The highest BCUT2D eigenvalue weighted by Gasteiger charge is 2.30. The van der Waals surface area contributed by atoms with Gasteiger partial charge in [0.05, 0.1) is 35.0 Å². The SMILES string of the molecule is COC(=O)c1ccc(-c2cccc(-c3c(-c4cccc5oncc45)c4cc(F)ccc4n3S(=O)(=O)c3ccc(C(F)F)cc3)c2)c(Cl)c1. The van der Waals surface area contributed by atoms with Crippen molar-refractivity contribution in [2.75, 3.05) is 7.11 Å². The second-order valence-corrected chi connectivity index (χ2v) is 13.0. The van der Waals surface area contributed by atoms with Crippen LogP contribution >= 0.6 is 11.6 Å². The topological polar surface area (TPSA) is 91.4 Å². The van der Waals surface area contributed by atoms with Crippen LogP contribution < -0.4 is 0 Å². The second-order valence-electron chi connectivity index (χ2n) is 10.8. The third-order valence-electron chi connectivity index (χ3n) is 8.06. The maximum Gasteiger partial charge on any atom is 0.337 e. The molecule has 0 fully saturated rings. The number of alkyl halides is 2. The summed E-state index contributed by atoms with van der Waals surface area (Å²) < 4.78 is 82.3. The van der Waals surface area contributed by atoms with E-state index in [1.54, 1.807) is 54.6 Å². The molecule has 0 aliphatic heterocycles. The summed E-state index contributed by atoms with van der Waals surface area (Å²) in [4.78, 5) is 11.8. The van der Waals surface area contributed by atoms with Gasteiger partial charge in [0.1, 0.15) is 5.82 Å². The van der Waals surface area contributed by atoms with Crippen LogP contribution in [0.5, 0.6) is 0 Å². The van der Waals surface area contributed by atoms with Crippen LogP contribution in [0.15, 0.2) is 119 Å². The van der Waals surface area contributed by atoms with E-state index >= 15 is 4.39 Å². The first-order valence-electron chi connectivity index (χ1n) is 14.4. The lowest BCUT2D eigenvalue weighted by molar-refractivity contribution is 0.0600. The summed E-state index contributed by atoms with van der Waals surface area (Å²) in [6, 6.07) is 24.9. The Kier molecular flexibility index (Phi) is 7.81. The number of esters is 1. The molecule has 0 atom stereocenters. The number of fused-ring (bicyclic) bond motifs is 2. The number of methoxy groups -OCH3 is 1. The third-order valence-corrected chi connectivity index (χ3v) is 10.1. The average Bonchev–Trinajstić information content (AvgIpc) is 3.71. The van der Waals surface area contributed by atoms with Crippen LogP contribution in [0.2, 0.25) is 5.02 Å². The van der Waals surface area contributed by atoms with E-state index in [-0.39, 0.29) is 37.6 Å². The van der Waals surface area contributed by atoms with Gasteiger partial charge in [0, 0.05) is 38.0 Å². The van der Waals surface area contributed by atoms with Gasteiger partial charge in [-0.1, -0.05) is 65.3 Å².